The molecule has 0 aliphatic carbocycles. The summed E-state index contributed by atoms with van der Waals surface area (Å²) in [7, 11) is 0. The summed E-state index contributed by atoms with van der Waals surface area (Å²) in [5.74, 6) is -3.89. The van der Waals surface area contributed by atoms with Gasteiger partial charge in [0.1, 0.15) is 11.6 Å². The number of halogens is 2. The molecule has 0 saturated carbocycles. The molecule has 1 unspecified atom stereocenters. The fourth-order valence-corrected chi connectivity index (χ4v) is 1.45. The van der Waals surface area contributed by atoms with Crippen LogP contribution in [-0.4, -0.2) is 23.5 Å². The van der Waals surface area contributed by atoms with Gasteiger partial charge < -0.3 is 10.4 Å². The van der Waals surface area contributed by atoms with Crippen molar-refractivity contribution in [3.8, 4) is 0 Å². The van der Waals surface area contributed by atoms with Crippen LogP contribution in [0.15, 0.2) is 12.1 Å². The molecule has 2 N–H and O–H groups in total. The van der Waals surface area contributed by atoms with Gasteiger partial charge in [-0.2, -0.15) is 0 Å². The summed E-state index contributed by atoms with van der Waals surface area (Å²) in [6.07, 6.45) is 0.239. The van der Waals surface area contributed by atoms with Crippen LogP contribution < -0.4 is 5.32 Å². The summed E-state index contributed by atoms with van der Waals surface area (Å²) in [5.41, 5.74) is -0.0765. The number of amides is 1. The summed E-state index contributed by atoms with van der Waals surface area (Å²) < 4.78 is 26.4. The summed E-state index contributed by atoms with van der Waals surface area (Å²) in [6.45, 7) is 3.05. The first-order valence-corrected chi connectivity index (χ1v) is 5.79. The van der Waals surface area contributed by atoms with Crippen molar-refractivity contribution in [1.29, 1.82) is 0 Å². The minimum Gasteiger partial charge on any atom is -0.481 e. The van der Waals surface area contributed by atoms with E-state index < -0.39 is 29.4 Å². The smallest absolute Gasteiger partial charge is 0.306 e. The van der Waals surface area contributed by atoms with E-state index in [-0.39, 0.29) is 24.1 Å². The monoisotopic (exact) mass is 271 g/mol. The number of carboxylic acid groups (broad SMARTS) is 1. The van der Waals surface area contributed by atoms with Crippen molar-refractivity contribution in [3.05, 3.63) is 34.9 Å². The summed E-state index contributed by atoms with van der Waals surface area (Å²) in [4.78, 5) is 22.2. The predicted molar refractivity (Wildman–Crippen MR) is 64.8 cm³/mol. The lowest BCUT2D eigenvalue weighted by atomic mass is 10.1. The molecule has 0 spiro atoms. The molecule has 0 aliphatic rings. The third-order valence-corrected chi connectivity index (χ3v) is 2.78. The van der Waals surface area contributed by atoms with Gasteiger partial charge in [0.2, 0.25) is 0 Å². The summed E-state index contributed by atoms with van der Waals surface area (Å²) in [6, 6.07) is 1.78. The van der Waals surface area contributed by atoms with Crippen LogP contribution in [0.3, 0.4) is 0 Å². The predicted octanol–water partition coefficient (Wildman–Crippen LogP) is 2.11. The van der Waals surface area contributed by atoms with Gasteiger partial charge in [-0.25, -0.2) is 8.78 Å². The number of carbonyl (C=O) groups is 2. The molecule has 1 aromatic carbocycles. The van der Waals surface area contributed by atoms with Crippen molar-refractivity contribution in [2.45, 2.75) is 20.3 Å². The third-order valence-electron chi connectivity index (χ3n) is 2.78. The van der Waals surface area contributed by atoms with E-state index in [9.17, 15) is 18.4 Å². The minimum atomic E-state index is -0.960. The second-order valence-electron chi connectivity index (χ2n) is 4.37. The number of nitrogens with one attached hydrogen (secondary N) is 1. The first-order valence-electron chi connectivity index (χ1n) is 5.79. The molecule has 6 heteroatoms. The minimum absolute atomic E-state index is 0.113. The van der Waals surface area contributed by atoms with Gasteiger partial charge in [-0.15, -0.1) is 0 Å². The lowest BCUT2D eigenvalue weighted by Crippen LogP contribution is -2.28. The first kappa shape index (κ1) is 15.1. The van der Waals surface area contributed by atoms with Gasteiger partial charge in [0.25, 0.3) is 5.91 Å². The van der Waals surface area contributed by atoms with Gasteiger partial charge in [0.05, 0.1) is 11.5 Å². The molecule has 1 amide bonds. The Morgan fingerprint density at radius 2 is 1.95 bits per heavy atom. The average molecular weight is 271 g/mol. The van der Waals surface area contributed by atoms with Gasteiger partial charge in [0.15, 0.2) is 0 Å². The second kappa shape index (κ2) is 6.26. The van der Waals surface area contributed by atoms with E-state index in [0.29, 0.717) is 6.07 Å². The Labute approximate surface area is 109 Å². The maximum Gasteiger partial charge on any atom is 0.306 e. The summed E-state index contributed by atoms with van der Waals surface area (Å²) >= 11 is 0. The maximum absolute atomic E-state index is 13.4. The van der Waals surface area contributed by atoms with E-state index in [0.717, 1.165) is 6.07 Å². The molecule has 0 bridgehead atoms. The van der Waals surface area contributed by atoms with E-state index >= 15 is 0 Å². The van der Waals surface area contributed by atoms with Crippen molar-refractivity contribution < 1.29 is 23.5 Å². The van der Waals surface area contributed by atoms with E-state index in [2.05, 4.69) is 5.32 Å². The van der Waals surface area contributed by atoms with Crippen LogP contribution in [0, 0.1) is 24.5 Å². The Hall–Kier alpha value is -1.98. The Kier molecular flexibility index (Phi) is 4.97. The van der Waals surface area contributed by atoms with E-state index in [1.54, 1.807) is 0 Å². The van der Waals surface area contributed by atoms with Crippen LogP contribution in [0.5, 0.6) is 0 Å². The highest BCUT2D eigenvalue weighted by molar-refractivity contribution is 5.94. The molecule has 0 aliphatic heterocycles. The molecule has 0 saturated heterocycles. The Morgan fingerprint density at radius 3 is 2.53 bits per heavy atom. The van der Waals surface area contributed by atoms with Gasteiger partial charge >= 0.3 is 5.97 Å². The molecular weight excluding hydrogens is 256 g/mol. The number of aliphatic carboxylic acids is 1. The fraction of sp³-hybridized carbons (Fsp3) is 0.385. The van der Waals surface area contributed by atoms with Crippen LogP contribution in [0.2, 0.25) is 0 Å². The largest absolute Gasteiger partial charge is 0.481 e. The van der Waals surface area contributed by atoms with Crippen LogP contribution >= 0.6 is 0 Å². The van der Waals surface area contributed by atoms with Gasteiger partial charge in [-0.05, 0) is 25.0 Å². The normalized spacial score (nSPS) is 12.0. The molecule has 0 heterocycles. The molecule has 1 rings (SSSR count). The standard InChI is InChI=1S/C13H15F2NO3/c1-7(13(18)19)3-4-16-12(17)9-5-8(2)10(14)6-11(9)15/h5-7H,3-4H2,1-2H3,(H,16,17)(H,18,19). The van der Waals surface area contributed by atoms with Crippen molar-refractivity contribution in [2.75, 3.05) is 6.54 Å². The zero-order valence-electron chi connectivity index (χ0n) is 10.7. The van der Waals surface area contributed by atoms with Gasteiger partial charge in [0, 0.05) is 12.6 Å². The molecule has 1 aromatic rings. The highest BCUT2D eigenvalue weighted by Gasteiger charge is 2.15. The van der Waals surface area contributed by atoms with Crippen molar-refractivity contribution >= 4 is 11.9 Å². The zero-order chi connectivity index (χ0) is 14.6. The average Bonchev–Trinajstić information content (AvgIpc) is 2.33. The molecule has 0 radical (unpaired) electrons. The number of hydrogen-bond donors (Lipinski definition) is 2. The maximum atomic E-state index is 13.4. The van der Waals surface area contributed by atoms with E-state index in [4.69, 9.17) is 5.11 Å². The van der Waals surface area contributed by atoms with Crippen molar-refractivity contribution in [1.82, 2.24) is 5.32 Å². The molecule has 1 atom stereocenters. The van der Waals surface area contributed by atoms with Gasteiger partial charge in [-0.1, -0.05) is 6.92 Å². The Balaban J connectivity index is 2.64. The number of carboxylic acids is 1. The van der Waals surface area contributed by atoms with Crippen LogP contribution in [0.4, 0.5) is 8.78 Å². The molecule has 4 nitrogen and oxygen atoms in total. The fourth-order valence-electron chi connectivity index (χ4n) is 1.45. The molecule has 0 fully saturated rings. The van der Waals surface area contributed by atoms with E-state index in [1.165, 1.54) is 13.8 Å². The van der Waals surface area contributed by atoms with Gasteiger partial charge in [-0.3, -0.25) is 9.59 Å². The number of aryl methyl sites for hydroxylation is 1. The highest BCUT2D eigenvalue weighted by atomic mass is 19.1. The summed E-state index contributed by atoms with van der Waals surface area (Å²) in [5, 5.41) is 11.1. The number of rotatable bonds is 5. The molecule has 19 heavy (non-hydrogen) atoms. The molecule has 104 valence electrons. The number of carbonyl (C=O) groups excluding carboxylic acids is 1. The lowest BCUT2D eigenvalue weighted by Gasteiger charge is -2.09. The number of benzene rings is 1. The van der Waals surface area contributed by atoms with Crippen LogP contribution in [0.1, 0.15) is 29.3 Å². The van der Waals surface area contributed by atoms with Crippen LogP contribution in [0.25, 0.3) is 0 Å². The second-order valence-corrected chi connectivity index (χ2v) is 4.37. The first-order chi connectivity index (χ1) is 8.82. The lowest BCUT2D eigenvalue weighted by molar-refractivity contribution is -0.141. The topological polar surface area (TPSA) is 66.4 Å². The third kappa shape index (κ3) is 4.01. The zero-order valence-corrected chi connectivity index (χ0v) is 10.7. The Morgan fingerprint density at radius 1 is 1.32 bits per heavy atom. The quantitative estimate of drug-likeness (QED) is 0.862. The van der Waals surface area contributed by atoms with E-state index in [1.807, 2.05) is 0 Å². The SMILES string of the molecule is Cc1cc(C(=O)NCCC(C)C(=O)O)c(F)cc1F. The van der Waals surface area contributed by atoms with Crippen molar-refractivity contribution in [3.63, 3.8) is 0 Å². The molecular formula is C13H15F2NO3. The Bertz CT molecular complexity index is 503. The number of hydrogen-bond acceptors (Lipinski definition) is 2. The highest BCUT2D eigenvalue weighted by Crippen LogP contribution is 2.14. The molecule has 0 aromatic heterocycles. The van der Waals surface area contributed by atoms with Crippen LogP contribution in [-0.2, 0) is 4.79 Å². The van der Waals surface area contributed by atoms with Crippen molar-refractivity contribution in [2.24, 2.45) is 5.92 Å².